The quantitative estimate of drug-likeness (QED) is 0.791. The molecule has 5 heteroatoms. The summed E-state index contributed by atoms with van der Waals surface area (Å²) in [6, 6.07) is 15.7. The maximum atomic E-state index is 11.9. The maximum absolute atomic E-state index is 11.9. The number of hydrogen-bond donors (Lipinski definition) is 1. The van der Waals surface area contributed by atoms with Gasteiger partial charge < -0.3 is 10.1 Å². The molecule has 2 aromatic carbocycles. The van der Waals surface area contributed by atoms with E-state index in [1.165, 1.54) is 11.6 Å². The molecule has 26 heavy (non-hydrogen) atoms. The fourth-order valence-electron chi connectivity index (χ4n) is 2.77. The van der Waals surface area contributed by atoms with Crippen LogP contribution < -0.4 is 5.32 Å². The molecule has 1 amide bonds. The fourth-order valence-corrected chi connectivity index (χ4v) is 2.90. The lowest BCUT2D eigenvalue weighted by Crippen LogP contribution is -2.35. The first kappa shape index (κ1) is 18.6. The third-order valence-electron chi connectivity index (χ3n) is 4.30. The number of nitrogens with zero attached hydrogens (tertiary/aromatic N) is 1. The topological polar surface area (TPSA) is 41.6 Å². The van der Waals surface area contributed by atoms with Crippen molar-refractivity contribution in [2.45, 2.75) is 13.1 Å². The third-order valence-corrected chi connectivity index (χ3v) is 4.55. The highest BCUT2D eigenvalue weighted by Gasteiger charge is 2.10. The molecule has 0 unspecified atom stereocenters. The number of rotatable bonds is 6. The minimum atomic E-state index is -0.114. The van der Waals surface area contributed by atoms with Crippen LogP contribution in [-0.2, 0) is 22.6 Å². The highest BCUT2D eigenvalue weighted by molar-refractivity contribution is 6.30. The number of morpholine rings is 1. The zero-order valence-corrected chi connectivity index (χ0v) is 15.4. The van der Waals surface area contributed by atoms with Crippen LogP contribution in [0.4, 0.5) is 0 Å². The summed E-state index contributed by atoms with van der Waals surface area (Å²) in [4.78, 5) is 14.3. The van der Waals surface area contributed by atoms with Gasteiger partial charge in [-0.05, 0) is 34.9 Å². The number of carbonyl (C=O) groups excluding carboxylic acids is 1. The Balaban J connectivity index is 1.45. The van der Waals surface area contributed by atoms with Crippen molar-refractivity contribution >= 4 is 23.6 Å². The Kier molecular flexibility index (Phi) is 6.83. The minimum absolute atomic E-state index is 0.114. The smallest absolute Gasteiger partial charge is 0.244 e. The van der Waals surface area contributed by atoms with Crippen LogP contribution in [0.15, 0.2) is 54.6 Å². The van der Waals surface area contributed by atoms with Crippen molar-refractivity contribution in [3.63, 3.8) is 0 Å². The Morgan fingerprint density at radius 1 is 1.04 bits per heavy atom. The van der Waals surface area contributed by atoms with Gasteiger partial charge in [0.05, 0.1) is 13.2 Å². The number of ether oxygens (including phenoxy) is 1. The summed E-state index contributed by atoms with van der Waals surface area (Å²) in [6.07, 6.45) is 3.31. The van der Waals surface area contributed by atoms with E-state index in [2.05, 4.69) is 34.5 Å². The van der Waals surface area contributed by atoms with Crippen molar-refractivity contribution in [2.24, 2.45) is 0 Å². The molecule has 0 aromatic heterocycles. The van der Waals surface area contributed by atoms with Gasteiger partial charge in [0.1, 0.15) is 0 Å². The summed E-state index contributed by atoms with van der Waals surface area (Å²) in [6.45, 7) is 5.05. The number of carbonyl (C=O) groups is 1. The number of nitrogens with one attached hydrogen (secondary N) is 1. The van der Waals surface area contributed by atoms with E-state index in [1.807, 2.05) is 12.1 Å². The molecule has 1 aliphatic heterocycles. The first-order chi connectivity index (χ1) is 12.7. The normalized spacial score (nSPS) is 15.3. The van der Waals surface area contributed by atoms with Crippen molar-refractivity contribution in [3.05, 3.63) is 76.3 Å². The van der Waals surface area contributed by atoms with Crippen molar-refractivity contribution in [3.8, 4) is 0 Å². The molecule has 0 atom stereocenters. The molecule has 0 bridgehead atoms. The molecule has 3 rings (SSSR count). The Hall–Kier alpha value is -2.14. The second-order valence-electron chi connectivity index (χ2n) is 6.31. The largest absolute Gasteiger partial charge is 0.379 e. The van der Waals surface area contributed by atoms with Crippen molar-refractivity contribution in [2.75, 3.05) is 26.3 Å². The lowest BCUT2D eigenvalue weighted by atomic mass is 10.1. The molecule has 1 fully saturated rings. The van der Waals surface area contributed by atoms with E-state index in [4.69, 9.17) is 16.3 Å². The van der Waals surface area contributed by atoms with Crippen LogP contribution in [0.25, 0.3) is 6.08 Å². The molecular weight excluding hydrogens is 348 g/mol. The second-order valence-corrected chi connectivity index (χ2v) is 6.74. The van der Waals surface area contributed by atoms with Crippen LogP contribution in [0.3, 0.4) is 0 Å². The summed E-state index contributed by atoms with van der Waals surface area (Å²) >= 11 is 5.85. The molecule has 1 N–H and O–H groups in total. The van der Waals surface area contributed by atoms with Crippen molar-refractivity contribution in [1.29, 1.82) is 0 Å². The Bertz CT molecular complexity index is 736. The van der Waals surface area contributed by atoms with Crippen molar-refractivity contribution in [1.82, 2.24) is 10.2 Å². The first-order valence-corrected chi connectivity index (χ1v) is 9.16. The number of benzene rings is 2. The predicted molar refractivity (Wildman–Crippen MR) is 105 cm³/mol. The van der Waals surface area contributed by atoms with Gasteiger partial charge in [-0.1, -0.05) is 48.0 Å². The summed E-state index contributed by atoms with van der Waals surface area (Å²) in [7, 11) is 0. The van der Waals surface area contributed by atoms with Crippen LogP contribution in [0, 0.1) is 0 Å². The zero-order valence-electron chi connectivity index (χ0n) is 14.7. The highest BCUT2D eigenvalue weighted by atomic mass is 35.5. The van der Waals surface area contributed by atoms with Crippen molar-refractivity contribution < 1.29 is 9.53 Å². The molecule has 2 aromatic rings. The average molecular weight is 371 g/mol. The maximum Gasteiger partial charge on any atom is 0.244 e. The average Bonchev–Trinajstić information content (AvgIpc) is 2.68. The van der Waals surface area contributed by atoms with Gasteiger partial charge in [-0.2, -0.15) is 0 Å². The lowest BCUT2D eigenvalue weighted by molar-refractivity contribution is -0.116. The van der Waals surface area contributed by atoms with Gasteiger partial charge in [-0.15, -0.1) is 0 Å². The molecule has 4 nitrogen and oxygen atoms in total. The van der Waals surface area contributed by atoms with Gasteiger partial charge in [0.15, 0.2) is 0 Å². The van der Waals surface area contributed by atoms with Gasteiger partial charge in [-0.3, -0.25) is 9.69 Å². The molecule has 136 valence electrons. The van der Waals surface area contributed by atoms with E-state index in [0.717, 1.165) is 44.0 Å². The Morgan fingerprint density at radius 3 is 2.38 bits per heavy atom. The lowest BCUT2D eigenvalue weighted by Gasteiger charge is -2.26. The third kappa shape index (κ3) is 5.99. The molecule has 0 saturated carbocycles. The Morgan fingerprint density at radius 2 is 1.69 bits per heavy atom. The van der Waals surface area contributed by atoms with E-state index in [0.29, 0.717) is 11.6 Å². The zero-order chi connectivity index (χ0) is 18.2. The summed E-state index contributed by atoms with van der Waals surface area (Å²) in [5.41, 5.74) is 3.31. The molecule has 0 aliphatic carbocycles. The van der Waals surface area contributed by atoms with Crippen LogP contribution in [0.1, 0.15) is 16.7 Å². The predicted octanol–water partition coefficient (Wildman–Crippen LogP) is 3.50. The second kappa shape index (κ2) is 9.53. The first-order valence-electron chi connectivity index (χ1n) is 8.78. The van der Waals surface area contributed by atoms with Gasteiger partial charge in [0.2, 0.25) is 5.91 Å². The molecule has 0 radical (unpaired) electrons. The SMILES string of the molecule is O=C(C=Cc1ccc(Cl)cc1)NCc1ccc(CN2CCOCC2)cc1. The summed E-state index contributed by atoms with van der Waals surface area (Å²) in [5.74, 6) is -0.114. The van der Waals surface area contributed by atoms with Crippen LogP contribution >= 0.6 is 11.6 Å². The van der Waals surface area contributed by atoms with Crippen LogP contribution in [-0.4, -0.2) is 37.1 Å². The fraction of sp³-hybridized carbons (Fsp3) is 0.286. The van der Waals surface area contributed by atoms with Crippen LogP contribution in [0.2, 0.25) is 5.02 Å². The minimum Gasteiger partial charge on any atom is -0.379 e. The van der Waals surface area contributed by atoms with Gasteiger partial charge in [0.25, 0.3) is 0 Å². The van der Waals surface area contributed by atoms with E-state index in [9.17, 15) is 4.79 Å². The molecule has 1 aliphatic rings. The highest BCUT2D eigenvalue weighted by Crippen LogP contribution is 2.11. The summed E-state index contributed by atoms with van der Waals surface area (Å²) < 4.78 is 5.37. The molecule has 1 heterocycles. The molecule has 1 saturated heterocycles. The Labute approximate surface area is 159 Å². The van der Waals surface area contributed by atoms with E-state index in [1.54, 1.807) is 18.2 Å². The number of halogens is 1. The molecular formula is C21H23ClN2O2. The van der Waals surface area contributed by atoms with Gasteiger partial charge in [0, 0.05) is 37.3 Å². The van der Waals surface area contributed by atoms with Gasteiger partial charge in [-0.25, -0.2) is 0 Å². The molecule has 0 spiro atoms. The van der Waals surface area contributed by atoms with E-state index in [-0.39, 0.29) is 5.91 Å². The van der Waals surface area contributed by atoms with E-state index < -0.39 is 0 Å². The van der Waals surface area contributed by atoms with Crippen LogP contribution in [0.5, 0.6) is 0 Å². The standard InChI is InChI=1S/C21H23ClN2O2/c22-20-8-5-17(6-9-20)7-10-21(25)23-15-18-1-3-19(4-2-18)16-24-11-13-26-14-12-24/h1-10H,11-16H2,(H,23,25). The van der Waals surface area contributed by atoms with E-state index >= 15 is 0 Å². The number of hydrogen-bond acceptors (Lipinski definition) is 3. The summed E-state index contributed by atoms with van der Waals surface area (Å²) in [5, 5.41) is 3.59. The van der Waals surface area contributed by atoms with Gasteiger partial charge >= 0.3 is 0 Å². The monoisotopic (exact) mass is 370 g/mol. The number of amides is 1.